The van der Waals surface area contributed by atoms with E-state index in [1.807, 2.05) is 28.9 Å². The fourth-order valence-electron chi connectivity index (χ4n) is 6.53. The summed E-state index contributed by atoms with van der Waals surface area (Å²) in [4.78, 5) is 40.7. The molecule has 8 rings (SSSR count). The maximum absolute atomic E-state index is 13.4. The lowest BCUT2D eigenvalue weighted by molar-refractivity contribution is -0.144. The number of hydrogen-bond donors (Lipinski definition) is 3. The highest BCUT2D eigenvalue weighted by Gasteiger charge is 2.27. The summed E-state index contributed by atoms with van der Waals surface area (Å²) < 4.78 is 16.1. The van der Waals surface area contributed by atoms with Crippen LogP contribution in [0.3, 0.4) is 0 Å². The molecule has 2 fully saturated rings. The number of nitrogens with zero attached hydrogens (tertiary/aromatic N) is 8. The van der Waals surface area contributed by atoms with Gasteiger partial charge in [-0.15, -0.1) is 0 Å². The summed E-state index contributed by atoms with van der Waals surface area (Å²) in [6.45, 7) is 1.68. The van der Waals surface area contributed by atoms with Crippen LogP contribution >= 0.6 is 27.5 Å². The third kappa shape index (κ3) is 8.16. The monoisotopic (exact) mass is 815 g/mol. The van der Waals surface area contributed by atoms with E-state index in [9.17, 15) is 9.59 Å². The first-order valence-electron chi connectivity index (χ1n) is 17.6. The van der Waals surface area contributed by atoms with Gasteiger partial charge in [0.05, 0.1) is 57.3 Å². The molecule has 5 N–H and O–H groups in total. The molecule has 15 nitrogen and oxygen atoms in total. The molecule has 2 aliphatic rings. The lowest BCUT2D eigenvalue weighted by atomic mass is 10.2. The number of benzene rings is 1. The van der Waals surface area contributed by atoms with Crippen LogP contribution in [0.2, 0.25) is 5.02 Å². The normalized spacial score (nSPS) is 17.1. The van der Waals surface area contributed by atoms with Crippen molar-refractivity contribution in [1.82, 2.24) is 39.4 Å². The zero-order valence-corrected chi connectivity index (χ0v) is 31.6. The van der Waals surface area contributed by atoms with Crippen molar-refractivity contribution in [3.05, 3.63) is 94.2 Å². The minimum absolute atomic E-state index is 0.0133. The minimum Gasteiger partial charge on any atom is -0.383 e. The van der Waals surface area contributed by atoms with Crippen LogP contribution < -0.4 is 16.8 Å². The smallest absolute Gasteiger partial charge is 0.314 e. The molecule has 2 amide bonds. The minimum atomic E-state index is -0.826. The van der Waals surface area contributed by atoms with Crippen molar-refractivity contribution in [2.24, 2.45) is 0 Å². The Balaban J connectivity index is 0.000000219. The molecule has 17 heteroatoms. The van der Waals surface area contributed by atoms with Gasteiger partial charge in [-0.1, -0.05) is 35.9 Å². The van der Waals surface area contributed by atoms with E-state index in [0.29, 0.717) is 45.3 Å². The van der Waals surface area contributed by atoms with E-state index in [1.54, 1.807) is 47.7 Å². The molecule has 2 saturated heterocycles. The van der Waals surface area contributed by atoms with Gasteiger partial charge in [0, 0.05) is 37.2 Å². The Hall–Kier alpha value is -5.16. The van der Waals surface area contributed by atoms with E-state index >= 15 is 0 Å². The van der Waals surface area contributed by atoms with Gasteiger partial charge in [0.1, 0.15) is 17.2 Å². The molecular formula is C37H39BrClN11O4. The van der Waals surface area contributed by atoms with E-state index in [0.717, 1.165) is 54.1 Å². The lowest BCUT2D eigenvalue weighted by Crippen LogP contribution is -2.39. The molecule has 5 aromatic heterocycles. The van der Waals surface area contributed by atoms with Crippen molar-refractivity contribution in [3.63, 3.8) is 0 Å². The Kier molecular flexibility index (Phi) is 11.6. The highest BCUT2D eigenvalue weighted by atomic mass is 79.9. The lowest BCUT2D eigenvalue weighted by Gasteiger charge is -2.24. The second-order valence-corrected chi connectivity index (χ2v) is 14.2. The zero-order valence-electron chi connectivity index (χ0n) is 29.3. The fraction of sp³-hybridized carbons (Fsp3) is 0.324. The van der Waals surface area contributed by atoms with Gasteiger partial charge in [-0.25, -0.2) is 19.3 Å². The molecule has 54 heavy (non-hydrogen) atoms. The Morgan fingerprint density at radius 1 is 0.815 bits per heavy atom. The number of amides is 2. The van der Waals surface area contributed by atoms with Gasteiger partial charge >= 0.3 is 11.8 Å². The number of pyridine rings is 3. The standard InChI is InChI=1S/C26H26ClN7O3.C11H13BrN4O/c27-20-9-2-1-7-17(20)15-33(16-18-8-3-5-11-29-18)26(36)25(35)32-21-14-30-24(28)19-13-31-34(23(19)21)22-10-4-6-12-37-22;12-8-6-14-11(13)7-5-15-16(10(7)8)9-3-1-2-4-17-9/h1-3,5,7-9,11,13-14,22H,4,6,10,12,15-16H2,(H2,28,30)(H,32,35);5-6,9H,1-4H2,(H2,13,14). The van der Waals surface area contributed by atoms with E-state index in [2.05, 4.69) is 46.4 Å². The maximum Gasteiger partial charge on any atom is 0.314 e. The summed E-state index contributed by atoms with van der Waals surface area (Å²) in [5, 5.41) is 13.5. The fourth-order valence-corrected chi connectivity index (χ4v) is 7.22. The van der Waals surface area contributed by atoms with Crippen molar-refractivity contribution >= 4 is 78.5 Å². The van der Waals surface area contributed by atoms with Crippen molar-refractivity contribution in [2.45, 2.75) is 64.1 Å². The largest absolute Gasteiger partial charge is 0.383 e. The predicted octanol–water partition coefficient (Wildman–Crippen LogP) is 6.40. The number of carbonyl (C=O) groups is 2. The Bertz CT molecular complexity index is 2260. The van der Waals surface area contributed by atoms with Gasteiger partial charge in [-0.2, -0.15) is 10.2 Å². The van der Waals surface area contributed by atoms with Gasteiger partial charge in [-0.3, -0.25) is 14.6 Å². The molecule has 0 bridgehead atoms. The van der Waals surface area contributed by atoms with Gasteiger partial charge in [0.15, 0.2) is 12.5 Å². The van der Waals surface area contributed by atoms with Crippen LogP contribution in [0.5, 0.6) is 0 Å². The van der Waals surface area contributed by atoms with Crippen LogP contribution in [0.1, 0.15) is 62.2 Å². The maximum atomic E-state index is 13.4. The van der Waals surface area contributed by atoms with Crippen LogP contribution in [0.15, 0.2) is 77.9 Å². The van der Waals surface area contributed by atoms with Gasteiger partial charge in [0.2, 0.25) is 0 Å². The summed E-state index contributed by atoms with van der Waals surface area (Å²) in [5.41, 5.74) is 15.1. The number of rotatable bonds is 7. The third-order valence-electron chi connectivity index (χ3n) is 9.26. The quantitative estimate of drug-likeness (QED) is 0.151. The van der Waals surface area contributed by atoms with E-state index in [-0.39, 0.29) is 31.4 Å². The Morgan fingerprint density at radius 3 is 2.07 bits per heavy atom. The van der Waals surface area contributed by atoms with Crippen molar-refractivity contribution < 1.29 is 19.1 Å². The molecule has 0 saturated carbocycles. The third-order valence-corrected chi connectivity index (χ3v) is 10.2. The van der Waals surface area contributed by atoms with Crippen molar-refractivity contribution in [3.8, 4) is 0 Å². The Labute approximate surface area is 324 Å². The molecule has 2 unspecified atom stereocenters. The van der Waals surface area contributed by atoms with Crippen LogP contribution in [-0.4, -0.2) is 64.4 Å². The van der Waals surface area contributed by atoms with Crippen molar-refractivity contribution in [2.75, 3.05) is 30.0 Å². The van der Waals surface area contributed by atoms with Crippen LogP contribution in [-0.2, 0) is 32.2 Å². The molecule has 2 atom stereocenters. The number of ether oxygens (including phenoxy) is 2. The first-order chi connectivity index (χ1) is 26.3. The molecule has 280 valence electrons. The number of carbonyl (C=O) groups excluding carboxylic acids is 2. The summed E-state index contributed by atoms with van der Waals surface area (Å²) in [7, 11) is 0. The highest BCUT2D eigenvalue weighted by molar-refractivity contribution is 9.10. The topological polar surface area (TPSA) is 194 Å². The summed E-state index contributed by atoms with van der Waals surface area (Å²) in [5.74, 6) is -0.786. The SMILES string of the molecule is Nc1ncc(Br)c2c1cnn2C1CCCCO1.Nc1ncc(NC(=O)C(=O)N(Cc2ccccn2)Cc2ccccc2Cl)c2c1cnn2C1CCCCO1. The zero-order chi connectivity index (χ0) is 37.6. The molecule has 7 heterocycles. The average molecular weight is 817 g/mol. The first kappa shape index (κ1) is 37.2. The molecule has 2 aliphatic heterocycles. The Morgan fingerprint density at radius 2 is 1.44 bits per heavy atom. The summed E-state index contributed by atoms with van der Waals surface area (Å²) >= 11 is 9.84. The van der Waals surface area contributed by atoms with Gasteiger partial charge in [-0.05, 0) is 78.2 Å². The second kappa shape index (κ2) is 16.9. The van der Waals surface area contributed by atoms with E-state index in [1.165, 1.54) is 17.5 Å². The van der Waals surface area contributed by atoms with E-state index in [4.69, 9.17) is 32.5 Å². The molecule has 1 aromatic carbocycles. The second-order valence-electron chi connectivity index (χ2n) is 12.9. The van der Waals surface area contributed by atoms with Crippen LogP contribution in [0.25, 0.3) is 21.8 Å². The molecule has 0 aliphatic carbocycles. The number of anilines is 3. The van der Waals surface area contributed by atoms with Crippen LogP contribution in [0, 0.1) is 0 Å². The number of fused-ring (bicyclic) bond motifs is 2. The van der Waals surface area contributed by atoms with Gasteiger partial charge in [0.25, 0.3) is 0 Å². The van der Waals surface area contributed by atoms with Crippen molar-refractivity contribution in [1.29, 1.82) is 0 Å². The number of halogens is 2. The number of hydrogen-bond acceptors (Lipinski definition) is 11. The molecular weight excluding hydrogens is 778 g/mol. The van der Waals surface area contributed by atoms with Gasteiger partial charge < -0.3 is 31.2 Å². The number of nitrogens with one attached hydrogen (secondary N) is 1. The summed E-state index contributed by atoms with van der Waals surface area (Å²) in [6, 6.07) is 12.6. The molecule has 0 spiro atoms. The van der Waals surface area contributed by atoms with E-state index < -0.39 is 11.8 Å². The first-order valence-corrected chi connectivity index (χ1v) is 18.8. The molecule has 6 aromatic rings. The summed E-state index contributed by atoms with van der Waals surface area (Å²) in [6.07, 6.45) is 13.9. The number of aromatic nitrogens is 7. The average Bonchev–Trinajstić information content (AvgIpc) is 3.87. The predicted molar refractivity (Wildman–Crippen MR) is 208 cm³/mol. The number of nitrogens with two attached hydrogens (primary N) is 2. The highest BCUT2D eigenvalue weighted by Crippen LogP contribution is 2.33. The number of nitrogen functional groups attached to an aromatic ring is 2. The van der Waals surface area contributed by atoms with Crippen LogP contribution in [0.4, 0.5) is 17.3 Å². The molecule has 0 radical (unpaired) electrons.